The highest BCUT2D eigenvalue weighted by Gasteiger charge is 2.44. The first kappa shape index (κ1) is 41.4. The number of rotatable bonds is 4. The van der Waals surface area contributed by atoms with E-state index in [2.05, 4.69) is 36.9 Å². The number of hydrogen-bond acceptors (Lipinski definition) is 12. The lowest BCUT2D eigenvalue weighted by atomic mass is 9.96. The van der Waals surface area contributed by atoms with Gasteiger partial charge >= 0.3 is 0 Å². The van der Waals surface area contributed by atoms with Crippen molar-refractivity contribution < 1.29 is 54.0 Å². The second-order valence-corrected chi connectivity index (χ2v) is 15.6. The number of aromatic nitrogens is 1. The van der Waals surface area contributed by atoms with Gasteiger partial charge in [-0.05, 0) is 39.3 Å². The van der Waals surface area contributed by atoms with Crippen molar-refractivity contribution in [2.45, 2.75) is 112 Å². The molecule has 20 heteroatoms. The van der Waals surface area contributed by atoms with Gasteiger partial charge < -0.3 is 62.2 Å². The molecule has 1 aromatic heterocycles. The Morgan fingerprint density at radius 2 is 1.49 bits per heavy atom. The van der Waals surface area contributed by atoms with Crippen LogP contribution in [0.1, 0.15) is 46.1 Å². The highest BCUT2D eigenvalue weighted by atomic mass is 32.2. The molecule has 0 radical (unpaired) electrons. The third kappa shape index (κ3) is 9.55. The molecule has 300 valence electrons. The minimum Gasteiger partial charge on any atom is -0.393 e. The van der Waals surface area contributed by atoms with Gasteiger partial charge in [-0.1, -0.05) is 18.2 Å². The fourth-order valence-electron chi connectivity index (χ4n) is 6.74. The molecule has 1 fully saturated rings. The fourth-order valence-corrected chi connectivity index (χ4v) is 7.85. The number of benzene rings is 1. The molecule has 2 aromatic rings. The molecule has 0 spiro atoms. The van der Waals surface area contributed by atoms with Crippen molar-refractivity contribution in [3.63, 3.8) is 0 Å². The number of hydrogen-bond donors (Lipinski definition) is 11. The number of para-hydroxylation sites is 1. The standard InChI is InChI=1S/C35H48N8O11S/c1-15-27(47)38-22-10-20-19-7-5-6-8-21(19)41-33(20)55-13-24(34(53)43-12-18(46)9-25(43)31(51)37-15)40-32(52)26(17(3)45)42-28(48)16(2)36-30(50)23(39-29(22)49)11-35(4,54)14-44/h5-8,15-18,22-26,41,44-46,54H,9-14H2,1-4H3,(H,36,50)(H,37,51)(H,38,47)(H,39,49)(H,40,52)(H,42,48)/t15-,16+,17-,18+,22-,23-,24+,25?,26+,35+/m0/s1. The number of aromatic amines is 1. The summed E-state index contributed by atoms with van der Waals surface area (Å²) in [7, 11) is 0. The van der Waals surface area contributed by atoms with Crippen molar-refractivity contribution in [3.05, 3.63) is 29.8 Å². The quantitative estimate of drug-likeness (QED) is 0.143. The molecule has 0 aliphatic carbocycles. The molecule has 4 heterocycles. The van der Waals surface area contributed by atoms with Crippen molar-refractivity contribution in [1.82, 2.24) is 41.8 Å². The van der Waals surface area contributed by atoms with Gasteiger partial charge in [-0.25, -0.2) is 0 Å². The molecule has 19 nitrogen and oxygen atoms in total. The zero-order valence-electron chi connectivity index (χ0n) is 30.8. The molecule has 1 unspecified atom stereocenters. The van der Waals surface area contributed by atoms with E-state index in [1.165, 1.54) is 27.7 Å². The van der Waals surface area contributed by atoms with Crippen LogP contribution < -0.4 is 31.9 Å². The van der Waals surface area contributed by atoms with Crippen LogP contribution in [0.5, 0.6) is 0 Å². The molecule has 0 saturated carbocycles. The van der Waals surface area contributed by atoms with Crippen LogP contribution in [0.4, 0.5) is 0 Å². The molecular weight excluding hydrogens is 740 g/mol. The van der Waals surface area contributed by atoms with E-state index in [1.807, 2.05) is 0 Å². The predicted octanol–water partition coefficient (Wildman–Crippen LogP) is -3.75. The second kappa shape index (κ2) is 16.9. The van der Waals surface area contributed by atoms with Crippen LogP contribution in [0, 0.1) is 0 Å². The first-order chi connectivity index (χ1) is 25.9. The van der Waals surface area contributed by atoms with Gasteiger partial charge in [-0.3, -0.25) is 33.6 Å². The lowest BCUT2D eigenvalue weighted by molar-refractivity contribution is -0.142. The summed E-state index contributed by atoms with van der Waals surface area (Å²) in [5.41, 5.74) is -0.741. The smallest absolute Gasteiger partial charge is 0.246 e. The average molecular weight is 789 g/mol. The van der Waals surface area contributed by atoms with Crippen LogP contribution in [0.2, 0.25) is 0 Å². The molecule has 5 rings (SSSR count). The van der Waals surface area contributed by atoms with E-state index in [4.69, 9.17) is 0 Å². The molecule has 7 amide bonds. The lowest BCUT2D eigenvalue weighted by Crippen LogP contribution is -2.61. The Hall–Kier alpha value is -4.76. The summed E-state index contributed by atoms with van der Waals surface area (Å²) in [4.78, 5) is 101. The third-order valence-corrected chi connectivity index (χ3v) is 11.0. The summed E-state index contributed by atoms with van der Waals surface area (Å²) < 4.78 is 0. The number of carbonyl (C=O) groups excluding carboxylic acids is 7. The molecule has 55 heavy (non-hydrogen) atoms. The number of aliphatic hydroxyl groups excluding tert-OH is 3. The second-order valence-electron chi connectivity index (χ2n) is 14.6. The Labute approximate surface area is 320 Å². The number of fused-ring (bicyclic) bond motifs is 5. The van der Waals surface area contributed by atoms with Crippen LogP contribution in [0.25, 0.3) is 10.9 Å². The van der Waals surface area contributed by atoms with Gasteiger partial charge in [0.15, 0.2) is 0 Å². The van der Waals surface area contributed by atoms with Crippen molar-refractivity contribution in [2.24, 2.45) is 0 Å². The van der Waals surface area contributed by atoms with Crippen molar-refractivity contribution in [3.8, 4) is 0 Å². The largest absolute Gasteiger partial charge is 0.393 e. The highest BCUT2D eigenvalue weighted by Crippen LogP contribution is 2.32. The Bertz CT molecular complexity index is 1840. The van der Waals surface area contributed by atoms with Gasteiger partial charge in [-0.15, -0.1) is 11.8 Å². The van der Waals surface area contributed by atoms with E-state index in [0.717, 1.165) is 16.7 Å². The zero-order valence-corrected chi connectivity index (χ0v) is 31.6. The van der Waals surface area contributed by atoms with Gasteiger partial charge in [0, 0.05) is 42.5 Å². The number of aliphatic hydroxyl groups is 4. The maximum atomic E-state index is 14.3. The molecule has 2 bridgehead atoms. The van der Waals surface area contributed by atoms with Gasteiger partial charge in [0.25, 0.3) is 0 Å². The highest BCUT2D eigenvalue weighted by molar-refractivity contribution is 7.99. The van der Waals surface area contributed by atoms with Crippen molar-refractivity contribution in [2.75, 3.05) is 18.9 Å². The zero-order chi connectivity index (χ0) is 40.4. The first-order valence-corrected chi connectivity index (χ1v) is 18.9. The fraction of sp³-hybridized carbons (Fsp3) is 0.571. The maximum absolute atomic E-state index is 14.3. The number of carbonyl (C=O) groups is 7. The van der Waals surface area contributed by atoms with Crippen molar-refractivity contribution >= 4 is 64.0 Å². The topological polar surface area (TPSA) is 292 Å². The molecule has 3 aliphatic heterocycles. The Balaban J connectivity index is 1.69. The average Bonchev–Trinajstić information content (AvgIpc) is 3.69. The summed E-state index contributed by atoms with van der Waals surface area (Å²) in [5.74, 6) is -6.26. The van der Waals surface area contributed by atoms with E-state index in [0.29, 0.717) is 21.5 Å². The first-order valence-electron chi connectivity index (χ1n) is 17.9. The SMILES string of the molecule is C[C@@H]1NC(=O)C2C[C@@H](O)CN2C(=O)[C@H]2CSc3[nH]c4ccccc4c3C[C@H](NC1=O)C(=O)N[C@@H](C[C@@](C)(O)CO)C(=O)N[C@H](C)C(=O)N[C@H]([C@H](C)O)C(=O)N2. The number of amides is 7. The molecule has 11 N–H and O–H groups in total. The van der Waals surface area contributed by atoms with Crippen LogP contribution in [0.15, 0.2) is 29.3 Å². The Morgan fingerprint density at radius 1 is 0.855 bits per heavy atom. The minimum atomic E-state index is -1.90. The Kier molecular flexibility index (Phi) is 12.8. The summed E-state index contributed by atoms with van der Waals surface area (Å²) in [5, 5.41) is 58.1. The summed E-state index contributed by atoms with van der Waals surface area (Å²) in [6.45, 7) is 4.02. The third-order valence-electron chi connectivity index (χ3n) is 9.87. The summed E-state index contributed by atoms with van der Waals surface area (Å²) >= 11 is 1.08. The number of thioether (sulfide) groups is 1. The van der Waals surface area contributed by atoms with Gasteiger partial charge in [0.1, 0.15) is 42.3 Å². The van der Waals surface area contributed by atoms with Gasteiger partial charge in [0.05, 0.1) is 29.4 Å². The minimum absolute atomic E-state index is 0.170. The van der Waals surface area contributed by atoms with Crippen LogP contribution >= 0.6 is 11.8 Å². The maximum Gasteiger partial charge on any atom is 0.246 e. The molecule has 1 saturated heterocycles. The van der Waals surface area contributed by atoms with E-state index >= 15 is 0 Å². The Morgan fingerprint density at radius 3 is 2.16 bits per heavy atom. The number of nitrogens with one attached hydrogen (secondary N) is 7. The van der Waals surface area contributed by atoms with Crippen LogP contribution in [0.3, 0.4) is 0 Å². The number of nitrogens with zero attached hydrogens (tertiary/aromatic N) is 1. The van der Waals surface area contributed by atoms with E-state index < -0.39 is 114 Å². The van der Waals surface area contributed by atoms with Crippen LogP contribution in [-0.2, 0) is 40.0 Å². The van der Waals surface area contributed by atoms with E-state index in [-0.39, 0.29) is 25.1 Å². The molecular formula is C35H48N8O11S. The number of H-pyrrole nitrogens is 1. The van der Waals surface area contributed by atoms with E-state index in [9.17, 15) is 54.0 Å². The molecule has 10 atom stereocenters. The van der Waals surface area contributed by atoms with Crippen molar-refractivity contribution in [1.29, 1.82) is 0 Å². The lowest BCUT2D eigenvalue weighted by Gasteiger charge is -2.31. The summed E-state index contributed by atoms with van der Waals surface area (Å²) in [6, 6.07) is -2.86. The van der Waals surface area contributed by atoms with Gasteiger partial charge in [-0.2, -0.15) is 0 Å². The predicted molar refractivity (Wildman–Crippen MR) is 196 cm³/mol. The normalized spacial score (nSPS) is 30.8. The molecule has 1 aromatic carbocycles. The molecule has 3 aliphatic rings. The van der Waals surface area contributed by atoms with E-state index in [1.54, 1.807) is 24.3 Å². The summed E-state index contributed by atoms with van der Waals surface area (Å²) in [6.07, 6.45) is -3.53. The van der Waals surface area contributed by atoms with Gasteiger partial charge in [0.2, 0.25) is 41.4 Å². The van der Waals surface area contributed by atoms with Crippen LogP contribution in [-0.4, -0.2) is 151 Å². The monoisotopic (exact) mass is 788 g/mol.